The molecule has 3 nitrogen and oxygen atoms in total. The van der Waals surface area contributed by atoms with Crippen LogP contribution >= 0.6 is 0 Å². The first kappa shape index (κ1) is 11.3. The van der Waals surface area contributed by atoms with Gasteiger partial charge in [0.1, 0.15) is 5.75 Å². The topological polar surface area (TPSA) is 30.5 Å². The quantitative estimate of drug-likeness (QED) is 0.848. The Morgan fingerprint density at radius 3 is 3.00 bits per heavy atom. The van der Waals surface area contributed by atoms with E-state index in [1.807, 2.05) is 24.3 Å². The van der Waals surface area contributed by atoms with Crippen molar-refractivity contribution >= 4 is 5.69 Å². The van der Waals surface area contributed by atoms with Crippen LogP contribution < -0.4 is 10.1 Å². The van der Waals surface area contributed by atoms with E-state index < -0.39 is 0 Å². The predicted molar refractivity (Wildman–Crippen MR) is 65.1 cm³/mol. The van der Waals surface area contributed by atoms with Crippen molar-refractivity contribution in [3.05, 3.63) is 24.3 Å². The van der Waals surface area contributed by atoms with E-state index in [9.17, 15) is 0 Å². The molecule has 0 amide bonds. The SMILES string of the molecule is COc1ccccc1NC[C@H]1CCCCO1. The van der Waals surface area contributed by atoms with Gasteiger partial charge < -0.3 is 14.8 Å². The van der Waals surface area contributed by atoms with Crippen molar-refractivity contribution in [2.45, 2.75) is 25.4 Å². The fraction of sp³-hybridized carbons (Fsp3) is 0.538. The summed E-state index contributed by atoms with van der Waals surface area (Å²) in [5, 5.41) is 3.38. The van der Waals surface area contributed by atoms with Crippen LogP contribution in [0.4, 0.5) is 5.69 Å². The van der Waals surface area contributed by atoms with Gasteiger partial charge in [0.15, 0.2) is 0 Å². The second-order valence-corrected chi connectivity index (χ2v) is 4.07. The molecule has 1 N–H and O–H groups in total. The standard InChI is InChI=1S/C13H19NO2/c1-15-13-8-3-2-7-12(13)14-10-11-6-4-5-9-16-11/h2-3,7-8,11,14H,4-6,9-10H2,1H3/t11-/m1/s1. The van der Waals surface area contributed by atoms with Gasteiger partial charge in [-0.3, -0.25) is 0 Å². The molecule has 88 valence electrons. The molecule has 1 saturated heterocycles. The van der Waals surface area contributed by atoms with Crippen molar-refractivity contribution in [2.24, 2.45) is 0 Å². The Labute approximate surface area is 96.8 Å². The molecule has 1 atom stereocenters. The van der Waals surface area contributed by atoms with Crippen molar-refractivity contribution in [2.75, 3.05) is 25.6 Å². The predicted octanol–water partition coefficient (Wildman–Crippen LogP) is 2.68. The molecule has 3 heteroatoms. The third kappa shape index (κ3) is 2.89. The van der Waals surface area contributed by atoms with Gasteiger partial charge in [-0.05, 0) is 31.4 Å². The van der Waals surface area contributed by atoms with Crippen LogP contribution in [0.15, 0.2) is 24.3 Å². The summed E-state index contributed by atoms with van der Waals surface area (Å²) >= 11 is 0. The Morgan fingerprint density at radius 1 is 1.38 bits per heavy atom. The average molecular weight is 221 g/mol. The van der Waals surface area contributed by atoms with Gasteiger partial charge in [-0.1, -0.05) is 12.1 Å². The molecular weight excluding hydrogens is 202 g/mol. The van der Waals surface area contributed by atoms with Crippen molar-refractivity contribution < 1.29 is 9.47 Å². The molecule has 1 aliphatic heterocycles. The molecule has 1 heterocycles. The zero-order chi connectivity index (χ0) is 11.2. The lowest BCUT2D eigenvalue weighted by molar-refractivity contribution is 0.0247. The average Bonchev–Trinajstić information content (AvgIpc) is 2.38. The van der Waals surface area contributed by atoms with Crippen LogP contribution in [-0.4, -0.2) is 26.4 Å². The zero-order valence-electron chi connectivity index (χ0n) is 9.74. The van der Waals surface area contributed by atoms with Crippen molar-refractivity contribution in [1.82, 2.24) is 0 Å². The highest BCUT2D eigenvalue weighted by atomic mass is 16.5. The normalized spacial score (nSPS) is 20.4. The summed E-state index contributed by atoms with van der Waals surface area (Å²) in [4.78, 5) is 0. The molecule has 1 aromatic carbocycles. The highest BCUT2D eigenvalue weighted by molar-refractivity contribution is 5.56. The first-order chi connectivity index (χ1) is 7.90. The minimum atomic E-state index is 0.346. The van der Waals surface area contributed by atoms with Crippen molar-refractivity contribution in [3.63, 3.8) is 0 Å². The summed E-state index contributed by atoms with van der Waals surface area (Å²) in [6.07, 6.45) is 3.98. The van der Waals surface area contributed by atoms with Crippen LogP contribution in [0.25, 0.3) is 0 Å². The number of benzene rings is 1. The Hall–Kier alpha value is -1.22. The number of rotatable bonds is 4. The summed E-state index contributed by atoms with van der Waals surface area (Å²) in [5.74, 6) is 0.887. The molecule has 1 fully saturated rings. The van der Waals surface area contributed by atoms with Crippen molar-refractivity contribution in [1.29, 1.82) is 0 Å². The number of para-hydroxylation sites is 2. The van der Waals surface area contributed by atoms with Crippen LogP contribution in [0, 0.1) is 0 Å². The first-order valence-corrected chi connectivity index (χ1v) is 5.88. The fourth-order valence-electron chi connectivity index (χ4n) is 1.98. The number of ether oxygens (including phenoxy) is 2. The van der Waals surface area contributed by atoms with Crippen LogP contribution in [0.3, 0.4) is 0 Å². The van der Waals surface area contributed by atoms with Gasteiger partial charge in [0.2, 0.25) is 0 Å². The highest BCUT2D eigenvalue weighted by Gasteiger charge is 2.13. The number of nitrogens with one attached hydrogen (secondary N) is 1. The maximum Gasteiger partial charge on any atom is 0.141 e. The molecule has 0 unspecified atom stereocenters. The molecule has 0 aliphatic carbocycles. The smallest absolute Gasteiger partial charge is 0.141 e. The lowest BCUT2D eigenvalue weighted by Crippen LogP contribution is -2.27. The van der Waals surface area contributed by atoms with E-state index in [0.717, 1.165) is 31.0 Å². The Bertz CT molecular complexity index is 321. The minimum absolute atomic E-state index is 0.346. The number of methoxy groups -OCH3 is 1. The summed E-state index contributed by atoms with van der Waals surface area (Å²) < 4.78 is 11.0. The van der Waals surface area contributed by atoms with Crippen molar-refractivity contribution in [3.8, 4) is 5.75 Å². The van der Waals surface area contributed by atoms with E-state index in [0.29, 0.717) is 6.10 Å². The van der Waals surface area contributed by atoms with E-state index >= 15 is 0 Å². The minimum Gasteiger partial charge on any atom is -0.495 e. The molecule has 1 aliphatic rings. The zero-order valence-corrected chi connectivity index (χ0v) is 9.74. The summed E-state index contributed by atoms with van der Waals surface area (Å²) in [7, 11) is 1.69. The van der Waals surface area contributed by atoms with Crippen LogP contribution in [0.2, 0.25) is 0 Å². The van der Waals surface area contributed by atoms with Gasteiger partial charge in [-0.25, -0.2) is 0 Å². The molecule has 0 saturated carbocycles. The third-order valence-corrected chi connectivity index (χ3v) is 2.90. The van der Waals surface area contributed by atoms with E-state index in [4.69, 9.17) is 9.47 Å². The van der Waals surface area contributed by atoms with E-state index in [-0.39, 0.29) is 0 Å². The van der Waals surface area contributed by atoms with Gasteiger partial charge in [-0.15, -0.1) is 0 Å². The fourth-order valence-corrected chi connectivity index (χ4v) is 1.98. The number of hydrogen-bond acceptors (Lipinski definition) is 3. The van der Waals surface area contributed by atoms with E-state index in [1.54, 1.807) is 7.11 Å². The van der Waals surface area contributed by atoms with Gasteiger partial charge in [-0.2, -0.15) is 0 Å². The molecule has 1 aromatic rings. The second kappa shape index (κ2) is 5.75. The van der Waals surface area contributed by atoms with Gasteiger partial charge >= 0.3 is 0 Å². The number of anilines is 1. The molecular formula is C13H19NO2. The van der Waals surface area contributed by atoms with Gasteiger partial charge in [0.25, 0.3) is 0 Å². The summed E-state index contributed by atoms with van der Waals surface area (Å²) in [5.41, 5.74) is 1.04. The van der Waals surface area contributed by atoms with Gasteiger partial charge in [0, 0.05) is 13.2 Å². The largest absolute Gasteiger partial charge is 0.495 e. The maximum absolute atomic E-state index is 5.67. The lowest BCUT2D eigenvalue weighted by atomic mass is 10.1. The summed E-state index contributed by atoms with van der Waals surface area (Å²) in [6.45, 7) is 1.76. The molecule has 0 spiro atoms. The number of hydrogen-bond donors (Lipinski definition) is 1. The Balaban J connectivity index is 1.88. The molecule has 2 rings (SSSR count). The van der Waals surface area contributed by atoms with Crippen LogP contribution in [0.5, 0.6) is 5.75 Å². The molecule has 0 radical (unpaired) electrons. The Kier molecular flexibility index (Phi) is 4.05. The first-order valence-electron chi connectivity index (χ1n) is 5.88. The lowest BCUT2D eigenvalue weighted by Gasteiger charge is -2.23. The second-order valence-electron chi connectivity index (χ2n) is 4.07. The monoisotopic (exact) mass is 221 g/mol. The molecule has 0 bridgehead atoms. The molecule has 16 heavy (non-hydrogen) atoms. The van der Waals surface area contributed by atoms with E-state index in [1.165, 1.54) is 12.8 Å². The summed E-state index contributed by atoms with van der Waals surface area (Å²) in [6, 6.07) is 7.97. The Morgan fingerprint density at radius 2 is 2.25 bits per heavy atom. The molecule has 0 aromatic heterocycles. The van der Waals surface area contributed by atoms with Crippen LogP contribution in [0.1, 0.15) is 19.3 Å². The third-order valence-electron chi connectivity index (χ3n) is 2.90. The highest BCUT2D eigenvalue weighted by Crippen LogP contribution is 2.23. The maximum atomic E-state index is 5.67. The van der Waals surface area contributed by atoms with Gasteiger partial charge in [0.05, 0.1) is 18.9 Å². The van der Waals surface area contributed by atoms with Crippen LogP contribution in [-0.2, 0) is 4.74 Å². The van der Waals surface area contributed by atoms with E-state index in [2.05, 4.69) is 5.32 Å².